The molecule has 2 N–H and O–H groups in total. The van der Waals surface area contributed by atoms with E-state index in [1.807, 2.05) is 0 Å². The third-order valence-electron chi connectivity index (χ3n) is 4.10. The Labute approximate surface area is 141 Å². The van der Waals surface area contributed by atoms with Crippen molar-refractivity contribution < 1.29 is 4.52 Å². The molecule has 1 heterocycles. The molecule has 2 aromatic rings. The van der Waals surface area contributed by atoms with Gasteiger partial charge in [-0.15, -0.1) is 24.2 Å². The minimum absolute atomic E-state index is 0. The first-order chi connectivity index (χ1) is 10.1. The van der Waals surface area contributed by atoms with Crippen molar-refractivity contribution in [3.63, 3.8) is 0 Å². The molecule has 0 aliphatic heterocycles. The third kappa shape index (κ3) is 3.65. The van der Waals surface area contributed by atoms with Crippen molar-refractivity contribution in [2.24, 2.45) is 5.73 Å². The topological polar surface area (TPSA) is 64.9 Å². The highest BCUT2D eigenvalue weighted by molar-refractivity contribution is 7.98. The first kappa shape index (κ1) is 17.3. The van der Waals surface area contributed by atoms with E-state index < -0.39 is 0 Å². The number of halogens is 1. The van der Waals surface area contributed by atoms with Crippen LogP contribution in [-0.4, -0.2) is 10.1 Å². The Bertz CT molecular complexity index is 638. The van der Waals surface area contributed by atoms with Crippen molar-refractivity contribution in [2.75, 3.05) is 0 Å². The quantitative estimate of drug-likeness (QED) is 0.848. The first-order valence-corrected chi connectivity index (χ1v) is 8.37. The van der Waals surface area contributed by atoms with Gasteiger partial charge in [0, 0.05) is 4.90 Å². The van der Waals surface area contributed by atoms with Gasteiger partial charge in [0.1, 0.15) is 0 Å². The standard InChI is InChI=1S/C16H21N3OS.ClH/c1-11-5-6-12(2)13(9-11)21-10-14-18-15(19-20-14)16(17)7-3-4-8-16;/h5-6,9H,3-4,7-8,10,17H2,1-2H3;1H. The zero-order valence-corrected chi connectivity index (χ0v) is 14.6. The molecule has 1 fully saturated rings. The molecule has 120 valence electrons. The van der Waals surface area contributed by atoms with E-state index in [-0.39, 0.29) is 17.9 Å². The lowest BCUT2D eigenvalue weighted by Gasteiger charge is -2.17. The van der Waals surface area contributed by atoms with E-state index in [0.29, 0.717) is 17.5 Å². The molecule has 3 rings (SSSR count). The Morgan fingerprint density at radius 2 is 2.00 bits per heavy atom. The van der Waals surface area contributed by atoms with Gasteiger partial charge >= 0.3 is 0 Å². The predicted molar refractivity (Wildman–Crippen MR) is 91.4 cm³/mol. The molecule has 1 aliphatic carbocycles. The normalized spacial score (nSPS) is 16.5. The van der Waals surface area contributed by atoms with Gasteiger partial charge in [0.25, 0.3) is 0 Å². The second kappa shape index (κ2) is 7.02. The molecule has 6 heteroatoms. The van der Waals surface area contributed by atoms with Crippen LogP contribution >= 0.6 is 24.2 Å². The van der Waals surface area contributed by atoms with E-state index in [4.69, 9.17) is 10.3 Å². The SMILES string of the molecule is Cc1ccc(C)c(SCc2nc(C3(N)CCCC3)no2)c1.Cl. The third-order valence-corrected chi connectivity index (χ3v) is 5.25. The van der Waals surface area contributed by atoms with E-state index in [2.05, 4.69) is 42.2 Å². The fraction of sp³-hybridized carbons (Fsp3) is 0.500. The molecule has 0 bridgehead atoms. The molecule has 0 spiro atoms. The average Bonchev–Trinajstić information content (AvgIpc) is 3.10. The summed E-state index contributed by atoms with van der Waals surface area (Å²) in [6.07, 6.45) is 4.21. The van der Waals surface area contributed by atoms with Crippen molar-refractivity contribution in [1.82, 2.24) is 10.1 Å². The van der Waals surface area contributed by atoms with Crippen LogP contribution in [0.4, 0.5) is 0 Å². The van der Waals surface area contributed by atoms with Crippen LogP contribution in [0.2, 0.25) is 0 Å². The Kier molecular flexibility index (Phi) is 5.53. The zero-order chi connectivity index (χ0) is 14.9. The molecule has 0 unspecified atom stereocenters. The van der Waals surface area contributed by atoms with Gasteiger partial charge < -0.3 is 10.3 Å². The molecule has 0 saturated heterocycles. The number of thioether (sulfide) groups is 1. The van der Waals surface area contributed by atoms with E-state index >= 15 is 0 Å². The van der Waals surface area contributed by atoms with Gasteiger partial charge in [0.2, 0.25) is 5.89 Å². The second-order valence-electron chi connectivity index (χ2n) is 5.93. The summed E-state index contributed by atoms with van der Waals surface area (Å²) in [5.41, 5.74) is 8.52. The number of rotatable bonds is 4. The van der Waals surface area contributed by atoms with Gasteiger partial charge in [-0.3, -0.25) is 0 Å². The number of aromatic nitrogens is 2. The van der Waals surface area contributed by atoms with Crippen molar-refractivity contribution in [3.8, 4) is 0 Å². The van der Waals surface area contributed by atoms with Crippen LogP contribution in [0.3, 0.4) is 0 Å². The van der Waals surface area contributed by atoms with Crippen molar-refractivity contribution in [3.05, 3.63) is 41.0 Å². The van der Waals surface area contributed by atoms with Gasteiger partial charge in [-0.05, 0) is 38.3 Å². The maximum Gasteiger partial charge on any atom is 0.237 e. The van der Waals surface area contributed by atoms with Crippen molar-refractivity contribution in [1.29, 1.82) is 0 Å². The Balaban J connectivity index is 0.00000176. The molecule has 1 saturated carbocycles. The molecule has 4 nitrogen and oxygen atoms in total. The van der Waals surface area contributed by atoms with E-state index in [1.165, 1.54) is 16.0 Å². The lowest BCUT2D eigenvalue weighted by atomic mass is 9.99. The summed E-state index contributed by atoms with van der Waals surface area (Å²) in [5.74, 6) is 2.03. The number of benzene rings is 1. The fourth-order valence-electron chi connectivity index (χ4n) is 2.75. The van der Waals surface area contributed by atoms with Crippen LogP contribution in [0.25, 0.3) is 0 Å². The lowest BCUT2D eigenvalue weighted by molar-refractivity contribution is 0.355. The summed E-state index contributed by atoms with van der Waals surface area (Å²) >= 11 is 1.73. The van der Waals surface area contributed by atoms with Crippen LogP contribution < -0.4 is 5.73 Å². The Morgan fingerprint density at radius 1 is 1.27 bits per heavy atom. The van der Waals surface area contributed by atoms with Gasteiger partial charge in [0.05, 0.1) is 11.3 Å². The van der Waals surface area contributed by atoms with Crippen LogP contribution in [0.15, 0.2) is 27.6 Å². The minimum Gasteiger partial charge on any atom is -0.338 e. The van der Waals surface area contributed by atoms with E-state index in [1.54, 1.807) is 11.8 Å². The van der Waals surface area contributed by atoms with Crippen LogP contribution in [0.1, 0.15) is 48.5 Å². The fourth-order valence-corrected chi connectivity index (χ4v) is 3.71. The van der Waals surface area contributed by atoms with Gasteiger partial charge in [-0.2, -0.15) is 4.98 Å². The number of aryl methyl sites for hydroxylation is 2. The summed E-state index contributed by atoms with van der Waals surface area (Å²) in [5, 5.41) is 4.10. The smallest absolute Gasteiger partial charge is 0.237 e. The van der Waals surface area contributed by atoms with Gasteiger partial charge in [-0.1, -0.05) is 35.7 Å². The summed E-state index contributed by atoms with van der Waals surface area (Å²) in [4.78, 5) is 5.77. The maximum absolute atomic E-state index is 6.35. The van der Waals surface area contributed by atoms with Crippen LogP contribution in [0, 0.1) is 13.8 Å². The Morgan fingerprint density at radius 3 is 2.73 bits per heavy atom. The van der Waals surface area contributed by atoms with E-state index in [0.717, 1.165) is 25.7 Å². The first-order valence-electron chi connectivity index (χ1n) is 7.39. The minimum atomic E-state index is -0.369. The van der Waals surface area contributed by atoms with Gasteiger partial charge in [0.15, 0.2) is 5.82 Å². The van der Waals surface area contributed by atoms with E-state index in [9.17, 15) is 0 Å². The average molecular weight is 340 g/mol. The summed E-state index contributed by atoms with van der Waals surface area (Å²) in [7, 11) is 0. The molecule has 22 heavy (non-hydrogen) atoms. The molecule has 1 aromatic carbocycles. The largest absolute Gasteiger partial charge is 0.338 e. The highest BCUT2D eigenvalue weighted by atomic mass is 35.5. The molecule has 1 aliphatic rings. The summed E-state index contributed by atoms with van der Waals surface area (Å²) in [6, 6.07) is 6.46. The van der Waals surface area contributed by atoms with Crippen molar-refractivity contribution in [2.45, 2.75) is 55.7 Å². The molecule has 0 amide bonds. The summed E-state index contributed by atoms with van der Waals surface area (Å²) in [6.45, 7) is 4.22. The Hall–Kier alpha value is -1.04. The number of nitrogens with two attached hydrogens (primary N) is 1. The second-order valence-corrected chi connectivity index (χ2v) is 6.95. The van der Waals surface area contributed by atoms with Crippen LogP contribution in [0.5, 0.6) is 0 Å². The molecular formula is C16H22ClN3OS. The number of nitrogens with zero attached hydrogens (tertiary/aromatic N) is 2. The lowest BCUT2D eigenvalue weighted by Crippen LogP contribution is -2.34. The van der Waals surface area contributed by atoms with Crippen LogP contribution in [-0.2, 0) is 11.3 Å². The highest BCUT2D eigenvalue weighted by Crippen LogP contribution is 2.35. The highest BCUT2D eigenvalue weighted by Gasteiger charge is 2.35. The maximum atomic E-state index is 6.35. The predicted octanol–water partition coefficient (Wildman–Crippen LogP) is 4.13. The number of hydrogen-bond donors (Lipinski definition) is 1. The molecule has 0 radical (unpaired) electrons. The number of hydrogen-bond acceptors (Lipinski definition) is 5. The molecule has 1 aromatic heterocycles. The van der Waals surface area contributed by atoms with Crippen molar-refractivity contribution >= 4 is 24.2 Å². The van der Waals surface area contributed by atoms with Gasteiger partial charge in [-0.25, -0.2) is 0 Å². The molecule has 0 atom stereocenters. The summed E-state index contributed by atoms with van der Waals surface area (Å²) < 4.78 is 5.37. The molecular weight excluding hydrogens is 318 g/mol. The monoisotopic (exact) mass is 339 g/mol. The zero-order valence-electron chi connectivity index (χ0n) is 13.0.